The first-order valence-electron chi connectivity index (χ1n) is 9.46. The number of unbranched alkanes of at least 4 members (excludes halogenated alkanes) is 9. The summed E-state index contributed by atoms with van der Waals surface area (Å²) in [6.45, 7) is 4.77. The maximum Gasteiger partial charge on any atom is 0.00726 e. The van der Waals surface area contributed by atoms with Gasteiger partial charge in [-0.05, 0) is 30.9 Å². The van der Waals surface area contributed by atoms with Crippen molar-refractivity contribution in [1.82, 2.24) is 0 Å². The number of hydrogen-bond donors (Lipinski definition) is 0. The van der Waals surface area contributed by atoms with E-state index in [9.17, 15) is 0 Å². The first kappa shape index (κ1) is 18.4. The second kappa shape index (κ2) is 13.0. The Balaban J connectivity index is 1.78. The van der Waals surface area contributed by atoms with E-state index in [1.165, 1.54) is 95.6 Å². The van der Waals surface area contributed by atoms with Gasteiger partial charge in [0.25, 0.3) is 0 Å². The fourth-order valence-corrected chi connectivity index (χ4v) is 4.83. The zero-order valence-electron chi connectivity index (χ0n) is 14.2. The molecular formula is C19H38S. The summed E-state index contributed by atoms with van der Waals surface area (Å²) < 4.78 is 0. The molecule has 2 unspecified atom stereocenters. The second-order valence-corrected chi connectivity index (χ2v) is 8.20. The Bertz CT molecular complexity index is 202. The molecule has 1 fully saturated rings. The van der Waals surface area contributed by atoms with Gasteiger partial charge in [0, 0.05) is 5.25 Å². The summed E-state index contributed by atoms with van der Waals surface area (Å²) in [5, 5.41) is 0.988. The van der Waals surface area contributed by atoms with Gasteiger partial charge in [-0.2, -0.15) is 11.8 Å². The van der Waals surface area contributed by atoms with Crippen LogP contribution < -0.4 is 0 Å². The van der Waals surface area contributed by atoms with Gasteiger partial charge >= 0.3 is 0 Å². The molecule has 0 amide bonds. The molecule has 0 aromatic carbocycles. The van der Waals surface area contributed by atoms with Crippen molar-refractivity contribution in [2.75, 3.05) is 5.75 Å². The smallest absolute Gasteiger partial charge is 0.00726 e. The van der Waals surface area contributed by atoms with Crippen LogP contribution in [0.25, 0.3) is 0 Å². The minimum absolute atomic E-state index is 0.983. The molecule has 1 heteroatoms. The van der Waals surface area contributed by atoms with E-state index in [0.29, 0.717) is 0 Å². The topological polar surface area (TPSA) is 0 Å². The highest BCUT2D eigenvalue weighted by Crippen LogP contribution is 2.33. The Morgan fingerprint density at radius 2 is 1.30 bits per heavy atom. The summed E-state index contributed by atoms with van der Waals surface area (Å²) in [4.78, 5) is 0. The lowest BCUT2D eigenvalue weighted by Crippen LogP contribution is -2.19. The van der Waals surface area contributed by atoms with Crippen LogP contribution in [0.5, 0.6) is 0 Å². The number of hydrogen-bond acceptors (Lipinski definition) is 1. The van der Waals surface area contributed by atoms with Gasteiger partial charge in [-0.25, -0.2) is 0 Å². The zero-order chi connectivity index (χ0) is 14.5. The Labute approximate surface area is 132 Å². The molecule has 0 heterocycles. The highest BCUT2D eigenvalue weighted by Gasteiger charge is 2.20. The summed E-state index contributed by atoms with van der Waals surface area (Å²) in [5.74, 6) is 2.41. The largest absolute Gasteiger partial charge is 0.158 e. The average Bonchev–Trinajstić information content (AvgIpc) is 2.46. The van der Waals surface area contributed by atoms with E-state index in [0.717, 1.165) is 11.2 Å². The molecule has 20 heavy (non-hydrogen) atoms. The van der Waals surface area contributed by atoms with Crippen molar-refractivity contribution in [3.8, 4) is 0 Å². The minimum atomic E-state index is 0.983. The van der Waals surface area contributed by atoms with E-state index in [1.807, 2.05) is 0 Å². The Morgan fingerprint density at radius 3 is 1.90 bits per heavy atom. The highest BCUT2D eigenvalue weighted by molar-refractivity contribution is 7.99. The van der Waals surface area contributed by atoms with Crippen LogP contribution in [0.15, 0.2) is 0 Å². The van der Waals surface area contributed by atoms with E-state index < -0.39 is 0 Å². The van der Waals surface area contributed by atoms with Crippen molar-refractivity contribution in [3.05, 3.63) is 0 Å². The molecule has 1 aliphatic rings. The third-order valence-corrected chi connectivity index (χ3v) is 6.52. The molecule has 1 rings (SSSR count). The minimum Gasteiger partial charge on any atom is -0.158 e. The molecule has 0 aliphatic heterocycles. The monoisotopic (exact) mass is 298 g/mol. The summed E-state index contributed by atoms with van der Waals surface area (Å²) >= 11 is 2.28. The van der Waals surface area contributed by atoms with Gasteiger partial charge in [0.2, 0.25) is 0 Å². The van der Waals surface area contributed by atoms with E-state index in [4.69, 9.17) is 0 Å². The average molecular weight is 299 g/mol. The normalized spacial score (nSPS) is 23.1. The molecule has 120 valence electrons. The van der Waals surface area contributed by atoms with Crippen LogP contribution in [0, 0.1) is 5.92 Å². The van der Waals surface area contributed by atoms with Crippen LogP contribution in [-0.4, -0.2) is 11.0 Å². The van der Waals surface area contributed by atoms with Crippen LogP contribution >= 0.6 is 11.8 Å². The Hall–Kier alpha value is 0.350. The van der Waals surface area contributed by atoms with Gasteiger partial charge in [0.15, 0.2) is 0 Å². The fraction of sp³-hybridized carbons (Fsp3) is 1.00. The molecule has 0 radical (unpaired) electrons. The molecule has 0 N–H and O–H groups in total. The number of thioether (sulfide) groups is 1. The zero-order valence-corrected chi connectivity index (χ0v) is 15.0. The van der Waals surface area contributed by atoms with Gasteiger partial charge in [0.1, 0.15) is 0 Å². The van der Waals surface area contributed by atoms with Crippen LogP contribution in [-0.2, 0) is 0 Å². The van der Waals surface area contributed by atoms with E-state index >= 15 is 0 Å². The summed E-state index contributed by atoms with van der Waals surface area (Å²) in [6, 6.07) is 0. The summed E-state index contributed by atoms with van der Waals surface area (Å²) in [5.41, 5.74) is 0. The van der Waals surface area contributed by atoms with Gasteiger partial charge in [-0.3, -0.25) is 0 Å². The van der Waals surface area contributed by atoms with Gasteiger partial charge in [-0.1, -0.05) is 84.5 Å². The molecule has 1 saturated carbocycles. The van der Waals surface area contributed by atoms with Gasteiger partial charge < -0.3 is 0 Å². The third kappa shape index (κ3) is 9.32. The van der Waals surface area contributed by atoms with Crippen molar-refractivity contribution in [1.29, 1.82) is 0 Å². The molecule has 0 saturated heterocycles. The quantitative estimate of drug-likeness (QED) is 0.343. The molecule has 0 aromatic rings. The first-order chi connectivity index (χ1) is 9.84. The van der Waals surface area contributed by atoms with Crippen molar-refractivity contribution in [2.24, 2.45) is 5.92 Å². The van der Waals surface area contributed by atoms with Gasteiger partial charge in [-0.15, -0.1) is 0 Å². The van der Waals surface area contributed by atoms with E-state index in [2.05, 4.69) is 25.6 Å². The van der Waals surface area contributed by atoms with Crippen molar-refractivity contribution >= 4 is 11.8 Å². The van der Waals surface area contributed by atoms with E-state index in [-0.39, 0.29) is 0 Å². The van der Waals surface area contributed by atoms with Crippen LogP contribution in [0.4, 0.5) is 0 Å². The molecule has 0 spiro atoms. The molecule has 2 atom stereocenters. The van der Waals surface area contributed by atoms with E-state index in [1.54, 1.807) is 0 Å². The van der Waals surface area contributed by atoms with Crippen molar-refractivity contribution in [2.45, 2.75) is 109 Å². The maximum atomic E-state index is 2.47. The maximum absolute atomic E-state index is 2.47. The second-order valence-electron chi connectivity index (χ2n) is 6.85. The molecular weight excluding hydrogens is 260 g/mol. The SMILES string of the molecule is CCCCCCCCCCCCSC1CCCCC1C. The van der Waals surface area contributed by atoms with Crippen LogP contribution in [0.2, 0.25) is 0 Å². The number of rotatable bonds is 12. The lowest BCUT2D eigenvalue weighted by molar-refractivity contribution is 0.397. The van der Waals surface area contributed by atoms with Crippen LogP contribution in [0.1, 0.15) is 104 Å². The third-order valence-electron chi connectivity index (χ3n) is 4.86. The fourth-order valence-electron chi connectivity index (χ4n) is 3.35. The summed E-state index contributed by atoms with van der Waals surface area (Å²) in [6.07, 6.45) is 20.6. The van der Waals surface area contributed by atoms with Crippen LogP contribution in [0.3, 0.4) is 0 Å². The molecule has 0 nitrogen and oxygen atoms in total. The molecule has 0 aromatic heterocycles. The molecule has 1 aliphatic carbocycles. The molecule has 0 bridgehead atoms. The highest BCUT2D eigenvalue weighted by atomic mass is 32.2. The predicted octanol–water partition coefficient (Wildman–Crippen LogP) is 7.22. The lowest BCUT2D eigenvalue weighted by atomic mass is 9.90. The summed E-state index contributed by atoms with van der Waals surface area (Å²) in [7, 11) is 0. The van der Waals surface area contributed by atoms with Crippen molar-refractivity contribution in [3.63, 3.8) is 0 Å². The van der Waals surface area contributed by atoms with Crippen molar-refractivity contribution < 1.29 is 0 Å². The Kier molecular flexibility index (Phi) is 12.0. The standard InChI is InChI=1S/C19H38S/c1-3-4-5-6-7-8-9-10-11-14-17-20-19-16-13-12-15-18(19)2/h18-19H,3-17H2,1-2H3. The lowest BCUT2D eigenvalue weighted by Gasteiger charge is -2.28. The predicted molar refractivity (Wildman–Crippen MR) is 95.7 cm³/mol. The first-order valence-corrected chi connectivity index (χ1v) is 10.5. The Morgan fingerprint density at radius 1 is 0.750 bits per heavy atom. The van der Waals surface area contributed by atoms with Gasteiger partial charge in [0.05, 0.1) is 0 Å².